The second kappa shape index (κ2) is 7.39. The van der Waals surface area contributed by atoms with Crippen LogP contribution in [0.2, 0.25) is 0 Å². The second-order valence-electron chi connectivity index (χ2n) is 5.51. The van der Waals surface area contributed by atoms with Crippen molar-refractivity contribution in [1.82, 2.24) is 0 Å². The molecule has 1 N–H and O–H groups in total. The summed E-state index contributed by atoms with van der Waals surface area (Å²) in [6, 6.07) is 8.32. The topological polar surface area (TPSA) is 112 Å². The Hall–Kier alpha value is -2.88. The molecule has 0 atom stereocenters. The molecule has 0 amide bonds. The highest BCUT2D eigenvalue weighted by Gasteiger charge is 2.21. The van der Waals surface area contributed by atoms with Crippen molar-refractivity contribution < 1.29 is 28.7 Å². The van der Waals surface area contributed by atoms with Gasteiger partial charge in [-0.2, -0.15) is 0 Å². The number of halogens is 1. The summed E-state index contributed by atoms with van der Waals surface area (Å²) in [6.07, 6.45) is 0. The van der Waals surface area contributed by atoms with E-state index in [9.17, 15) is 14.8 Å². The molecule has 0 saturated heterocycles. The summed E-state index contributed by atoms with van der Waals surface area (Å²) in [4.78, 5) is 24.3. The Balaban J connectivity index is 1.95. The number of furan rings is 1. The van der Waals surface area contributed by atoms with Crippen LogP contribution in [0, 0.1) is 12.1 Å². The van der Waals surface area contributed by atoms with Gasteiger partial charge in [0.05, 0.1) is 22.8 Å². The Labute approximate surface area is 161 Å². The van der Waals surface area contributed by atoms with Crippen molar-refractivity contribution in [2.75, 3.05) is 12.3 Å². The molecule has 9 heteroatoms. The minimum atomic E-state index is -0.683. The Morgan fingerprint density at radius 1 is 1.19 bits per heavy atom. The van der Waals surface area contributed by atoms with E-state index in [2.05, 4.69) is 15.9 Å². The minimum absolute atomic E-state index is 0.0225. The van der Waals surface area contributed by atoms with Crippen molar-refractivity contribution in [3.05, 3.63) is 63.0 Å². The van der Waals surface area contributed by atoms with Gasteiger partial charge in [0.2, 0.25) is 0 Å². The van der Waals surface area contributed by atoms with E-state index in [0.29, 0.717) is 21.2 Å². The summed E-state index contributed by atoms with van der Waals surface area (Å²) < 4.78 is 16.2. The summed E-state index contributed by atoms with van der Waals surface area (Å²) in [5.41, 5.74) is 0.831. The molecule has 0 aliphatic rings. The van der Waals surface area contributed by atoms with Crippen LogP contribution in [0.5, 0.6) is 5.75 Å². The zero-order chi connectivity index (χ0) is 19.7. The number of carbonyl (C=O) groups excluding carboxylic acids is 2. The standard InChI is InChI=1S/C18H13BrNO7/c1-9-16(18(22)25-2)12-7-15(13(19)8-14(12)26-9)27-17(21)10-3-5-11(6-4-10)20(23)24/h3-8,23H,1-2H3/q-1. The third-order valence-corrected chi connectivity index (χ3v) is 4.45. The molecule has 3 rings (SSSR count). The van der Waals surface area contributed by atoms with E-state index >= 15 is 0 Å². The number of methoxy groups -OCH3 is 1. The summed E-state index contributed by atoms with van der Waals surface area (Å²) >= 11 is 3.30. The number of hydrogen-bond donors (Lipinski definition) is 1. The number of hydrogen-bond acceptors (Lipinski definition) is 8. The molecular weight excluding hydrogens is 422 g/mol. The van der Waals surface area contributed by atoms with Crippen LogP contribution in [-0.4, -0.2) is 24.3 Å². The maximum absolute atomic E-state index is 12.4. The van der Waals surface area contributed by atoms with Gasteiger partial charge in [-0.15, -0.1) is 0 Å². The first kappa shape index (κ1) is 18.9. The van der Waals surface area contributed by atoms with Gasteiger partial charge in [-0.25, -0.2) is 9.59 Å². The molecule has 27 heavy (non-hydrogen) atoms. The third kappa shape index (κ3) is 3.65. The summed E-state index contributed by atoms with van der Waals surface area (Å²) in [5, 5.41) is 19.8. The van der Waals surface area contributed by atoms with E-state index in [4.69, 9.17) is 19.1 Å². The summed E-state index contributed by atoms with van der Waals surface area (Å²) in [7, 11) is 1.26. The number of aryl methyl sites for hydroxylation is 1. The average Bonchev–Trinajstić information content (AvgIpc) is 2.96. The molecule has 0 aliphatic heterocycles. The van der Waals surface area contributed by atoms with E-state index in [1.54, 1.807) is 13.0 Å². The summed E-state index contributed by atoms with van der Waals surface area (Å²) in [5.74, 6) is -0.687. The highest BCUT2D eigenvalue weighted by Crippen LogP contribution is 2.35. The van der Waals surface area contributed by atoms with Gasteiger partial charge in [0.25, 0.3) is 0 Å². The first-order chi connectivity index (χ1) is 12.8. The maximum atomic E-state index is 12.4. The van der Waals surface area contributed by atoms with Crippen LogP contribution in [0.3, 0.4) is 0 Å². The average molecular weight is 435 g/mol. The van der Waals surface area contributed by atoms with E-state index in [1.165, 1.54) is 37.4 Å². The lowest BCUT2D eigenvalue weighted by Gasteiger charge is -2.21. The molecular formula is C18H13BrNO7-. The molecule has 0 saturated carbocycles. The van der Waals surface area contributed by atoms with Gasteiger partial charge in [0, 0.05) is 5.39 Å². The predicted molar refractivity (Wildman–Crippen MR) is 99.0 cm³/mol. The Kier molecular flexibility index (Phi) is 5.17. The number of benzene rings is 2. The third-order valence-electron chi connectivity index (χ3n) is 3.83. The van der Waals surface area contributed by atoms with Crippen molar-refractivity contribution in [2.45, 2.75) is 6.92 Å². The Morgan fingerprint density at radius 3 is 2.44 bits per heavy atom. The molecule has 140 valence electrons. The molecule has 0 radical (unpaired) electrons. The number of nitrogens with zero attached hydrogens (tertiary/aromatic N) is 1. The lowest BCUT2D eigenvalue weighted by Crippen LogP contribution is -2.10. The van der Waals surface area contributed by atoms with Crippen LogP contribution in [0.1, 0.15) is 26.5 Å². The quantitative estimate of drug-likeness (QED) is 0.369. The number of anilines is 1. The van der Waals surface area contributed by atoms with Crippen LogP contribution < -0.4 is 9.96 Å². The number of esters is 2. The van der Waals surface area contributed by atoms with Gasteiger partial charge < -0.3 is 24.3 Å². The molecule has 0 aliphatic carbocycles. The van der Waals surface area contributed by atoms with Gasteiger partial charge >= 0.3 is 11.9 Å². The molecule has 1 aromatic heterocycles. The van der Waals surface area contributed by atoms with Gasteiger partial charge in [0.1, 0.15) is 22.7 Å². The van der Waals surface area contributed by atoms with Crippen molar-refractivity contribution in [3.8, 4) is 5.75 Å². The SMILES string of the molecule is COC(=O)c1c(C)oc2cc(Br)c(OC(=O)c3ccc(N([O-])O)cc3)cc12. The maximum Gasteiger partial charge on any atom is 0.343 e. The fraction of sp³-hybridized carbons (Fsp3) is 0.111. The zero-order valence-corrected chi connectivity index (χ0v) is 15.8. The zero-order valence-electron chi connectivity index (χ0n) is 14.2. The van der Waals surface area contributed by atoms with E-state index in [0.717, 1.165) is 0 Å². The molecule has 1 heterocycles. The highest BCUT2D eigenvalue weighted by molar-refractivity contribution is 9.10. The molecule has 8 nitrogen and oxygen atoms in total. The van der Waals surface area contributed by atoms with E-state index < -0.39 is 11.9 Å². The first-order valence-electron chi connectivity index (χ1n) is 7.61. The van der Waals surface area contributed by atoms with Crippen LogP contribution >= 0.6 is 15.9 Å². The lowest BCUT2D eigenvalue weighted by molar-refractivity contribution is 0.0600. The number of fused-ring (bicyclic) bond motifs is 1. The molecule has 0 unspecified atom stereocenters. The number of rotatable bonds is 4. The summed E-state index contributed by atoms with van der Waals surface area (Å²) in [6.45, 7) is 1.63. The number of ether oxygens (including phenoxy) is 2. The van der Waals surface area contributed by atoms with Crippen LogP contribution in [-0.2, 0) is 4.74 Å². The van der Waals surface area contributed by atoms with Crippen LogP contribution in [0.4, 0.5) is 5.69 Å². The van der Waals surface area contributed by atoms with Gasteiger partial charge in [0.15, 0.2) is 0 Å². The lowest BCUT2D eigenvalue weighted by atomic mass is 10.1. The normalized spacial score (nSPS) is 10.7. The fourth-order valence-corrected chi connectivity index (χ4v) is 2.94. The second-order valence-corrected chi connectivity index (χ2v) is 6.37. The largest absolute Gasteiger partial charge is 0.733 e. The Morgan fingerprint density at radius 2 is 1.85 bits per heavy atom. The molecule has 0 fully saturated rings. The molecule has 2 aromatic carbocycles. The van der Waals surface area contributed by atoms with Crippen molar-refractivity contribution in [3.63, 3.8) is 0 Å². The molecule has 0 bridgehead atoms. The predicted octanol–water partition coefficient (Wildman–Crippen LogP) is 4.20. The van der Waals surface area contributed by atoms with Crippen molar-refractivity contribution >= 4 is 44.5 Å². The van der Waals surface area contributed by atoms with Crippen LogP contribution in [0.15, 0.2) is 45.3 Å². The molecule has 0 spiro atoms. The highest BCUT2D eigenvalue weighted by atomic mass is 79.9. The van der Waals surface area contributed by atoms with Crippen molar-refractivity contribution in [2.24, 2.45) is 0 Å². The number of carbonyl (C=O) groups is 2. The fourth-order valence-electron chi connectivity index (χ4n) is 2.54. The smallest absolute Gasteiger partial charge is 0.343 e. The first-order valence-corrected chi connectivity index (χ1v) is 8.40. The van der Waals surface area contributed by atoms with Gasteiger partial charge in [-0.1, -0.05) is 0 Å². The van der Waals surface area contributed by atoms with Gasteiger partial charge in [-0.3, -0.25) is 5.21 Å². The van der Waals surface area contributed by atoms with E-state index in [-0.39, 0.29) is 27.8 Å². The minimum Gasteiger partial charge on any atom is -0.733 e. The van der Waals surface area contributed by atoms with Crippen molar-refractivity contribution in [1.29, 1.82) is 0 Å². The van der Waals surface area contributed by atoms with Gasteiger partial charge in [-0.05, 0) is 59.3 Å². The monoisotopic (exact) mass is 434 g/mol. The van der Waals surface area contributed by atoms with E-state index in [1.807, 2.05) is 0 Å². The Bertz CT molecular complexity index is 1020. The van der Waals surface area contributed by atoms with Crippen LogP contribution in [0.25, 0.3) is 11.0 Å². The molecule has 3 aromatic rings.